The topological polar surface area (TPSA) is 57.4 Å². The molecule has 0 amide bonds. The molecule has 4 heteroatoms. The standard InChI is InChI=1S/C19H24N4/c1-12-4-13(7-19(2,3)6-12)14-5-16-17(15-9-22-23-10-15)11-21-18(16)20-8-14/h5,8-13H,4,6-7H2,1-3H3,(H,20,21)(H,22,23). The van der Waals surface area contributed by atoms with Crippen molar-refractivity contribution in [1.82, 2.24) is 20.2 Å². The lowest BCUT2D eigenvalue weighted by molar-refractivity contribution is 0.168. The Labute approximate surface area is 136 Å². The Balaban J connectivity index is 1.75. The van der Waals surface area contributed by atoms with Crippen molar-refractivity contribution in [2.75, 3.05) is 0 Å². The molecule has 120 valence electrons. The predicted octanol–water partition coefficient (Wildman–Crippen LogP) is 4.88. The molecule has 3 aromatic rings. The van der Waals surface area contributed by atoms with E-state index in [1.54, 1.807) is 0 Å². The van der Waals surface area contributed by atoms with Crippen molar-refractivity contribution in [1.29, 1.82) is 0 Å². The maximum Gasteiger partial charge on any atom is 0.137 e. The largest absolute Gasteiger partial charge is 0.346 e. The Bertz CT molecular complexity index is 813. The molecule has 1 aliphatic rings. The summed E-state index contributed by atoms with van der Waals surface area (Å²) in [5.41, 5.74) is 5.02. The molecule has 2 N–H and O–H groups in total. The molecule has 1 fully saturated rings. The normalized spacial score (nSPS) is 24.1. The van der Waals surface area contributed by atoms with E-state index in [0.717, 1.165) is 17.1 Å². The molecule has 2 atom stereocenters. The van der Waals surface area contributed by atoms with Gasteiger partial charge < -0.3 is 4.98 Å². The number of hydrogen-bond acceptors (Lipinski definition) is 2. The molecule has 4 rings (SSSR count). The number of nitrogens with one attached hydrogen (secondary N) is 2. The fourth-order valence-corrected chi connectivity index (χ4v) is 4.48. The zero-order valence-corrected chi connectivity index (χ0v) is 14.1. The second kappa shape index (κ2) is 5.22. The third kappa shape index (κ3) is 2.67. The summed E-state index contributed by atoms with van der Waals surface area (Å²) in [5, 5.41) is 8.15. The molecular weight excluding hydrogens is 284 g/mol. The van der Waals surface area contributed by atoms with Gasteiger partial charge in [0.15, 0.2) is 0 Å². The highest BCUT2D eigenvalue weighted by molar-refractivity contribution is 5.93. The average Bonchev–Trinajstić information content (AvgIpc) is 3.13. The summed E-state index contributed by atoms with van der Waals surface area (Å²) >= 11 is 0. The van der Waals surface area contributed by atoms with Gasteiger partial charge in [0.2, 0.25) is 0 Å². The summed E-state index contributed by atoms with van der Waals surface area (Å²) in [5.74, 6) is 1.39. The SMILES string of the molecule is CC1CC(c2cnc3[nH]cc(-c4cn[nH]c4)c3c2)CC(C)(C)C1. The zero-order chi connectivity index (χ0) is 16.0. The van der Waals surface area contributed by atoms with Crippen molar-refractivity contribution in [3.63, 3.8) is 0 Å². The van der Waals surface area contributed by atoms with Gasteiger partial charge in [0, 0.05) is 35.1 Å². The van der Waals surface area contributed by atoms with E-state index in [1.807, 2.05) is 18.6 Å². The minimum Gasteiger partial charge on any atom is -0.346 e. The van der Waals surface area contributed by atoms with E-state index in [-0.39, 0.29) is 0 Å². The Hall–Kier alpha value is -2.10. The number of aromatic amines is 2. The van der Waals surface area contributed by atoms with E-state index < -0.39 is 0 Å². The monoisotopic (exact) mass is 308 g/mol. The first-order valence-electron chi connectivity index (χ1n) is 8.48. The summed E-state index contributed by atoms with van der Waals surface area (Å²) in [6, 6.07) is 2.33. The number of rotatable bonds is 2. The van der Waals surface area contributed by atoms with Gasteiger partial charge in [0.25, 0.3) is 0 Å². The number of pyridine rings is 1. The van der Waals surface area contributed by atoms with Gasteiger partial charge in [0.05, 0.1) is 6.20 Å². The molecule has 1 saturated carbocycles. The predicted molar refractivity (Wildman–Crippen MR) is 93.2 cm³/mol. The molecule has 1 aliphatic carbocycles. The Kier molecular flexibility index (Phi) is 3.29. The lowest BCUT2D eigenvalue weighted by Crippen LogP contribution is -2.26. The van der Waals surface area contributed by atoms with Crippen LogP contribution in [0.15, 0.2) is 30.9 Å². The molecule has 2 unspecified atom stereocenters. The molecule has 0 bridgehead atoms. The van der Waals surface area contributed by atoms with Crippen molar-refractivity contribution in [3.8, 4) is 11.1 Å². The Morgan fingerprint density at radius 3 is 2.78 bits per heavy atom. The van der Waals surface area contributed by atoms with Crippen molar-refractivity contribution in [2.24, 2.45) is 11.3 Å². The first-order valence-corrected chi connectivity index (χ1v) is 8.48. The number of nitrogens with zero attached hydrogens (tertiary/aromatic N) is 2. The van der Waals surface area contributed by atoms with E-state index in [4.69, 9.17) is 0 Å². The minimum absolute atomic E-state index is 0.419. The van der Waals surface area contributed by atoms with Crippen LogP contribution >= 0.6 is 0 Å². The van der Waals surface area contributed by atoms with Crippen LogP contribution < -0.4 is 0 Å². The van der Waals surface area contributed by atoms with Gasteiger partial charge in [-0.05, 0) is 48.1 Å². The molecule has 0 saturated heterocycles. The maximum atomic E-state index is 4.67. The van der Waals surface area contributed by atoms with Crippen molar-refractivity contribution >= 4 is 11.0 Å². The molecule has 0 radical (unpaired) electrons. The number of hydrogen-bond donors (Lipinski definition) is 2. The third-order valence-electron chi connectivity index (χ3n) is 5.22. The Morgan fingerprint density at radius 2 is 2.04 bits per heavy atom. The number of fused-ring (bicyclic) bond motifs is 1. The van der Waals surface area contributed by atoms with Crippen LogP contribution in [-0.4, -0.2) is 20.2 Å². The van der Waals surface area contributed by atoms with Gasteiger partial charge in [-0.2, -0.15) is 5.10 Å². The molecular formula is C19H24N4. The zero-order valence-electron chi connectivity index (χ0n) is 14.1. The number of aromatic nitrogens is 4. The van der Waals surface area contributed by atoms with E-state index in [9.17, 15) is 0 Å². The van der Waals surface area contributed by atoms with Gasteiger partial charge in [-0.1, -0.05) is 20.8 Å². The lowest BCUT2D eigenvalue weighted by atomic mass is 9.66. The van der Waals surface area contributed by atoms with Crippen LogP contribution in [0.25, 0.3) is 22.2 Å². The van der Waals surface area contributed by atoms with Crippen molar-refractivity contribution in [2.45, 2.75) is 46.0 Å². The summed E-state index contributed by atoms with van der Waals surface area (Å²) in [4.78, 5) is 7.95. The summed E-state index contributed by atoms with van der Waals surface area (Å²) in [6.07, 6.45) is 11.7. The fourth-order valence-electron chi connectivity index (χ4n) is 4.48. The summed E-state index contributed by atoms with van der Waals surface area (Å²) in [6.45, 7) is 7.18. The molecule has 0 spiro atoms. The van der Waals surface area contributed by atoms with Gasteiger partial charge in [-0.3, -0.25) is 5.10 Å². The van der Waals surface area contributed by atoms with Crippen LogP contribution in [0.5, 0.6) is 0 Å². The van der Waals surface area contributed by atoms with E-state index >= 15 is 0 Å². The highest BCUT2D eigenvalue weighted by Crippen LogP contribution is 2.46. The molecule has 23 heavy (non-hydrogen) atoms. The van der Waals surface area contributed by atoms with E-state index in [1.165, 1.54) is 35.8 Å². The van der Waals surface area contributed by atoms with Crippen LogP contribution in [0.1, 0.15) is 51.5 Å². The van der Waals surface area contributed by atoms with Gasteiger partial charge in [-0.25, -0.2) is 4.98 Å². The maximum absolute atomic E-state index is 4.67. The van der Waals surface area contributed by atoms with Crippen LogP contribution in [0.2, 0.25) is 0 Å². The van der Waals surface area contributed by atoms with Crippen molar-refractivity contribution in [3.05, 3.63) is 36.4 Å². The second-order valence-corrected chi connectivity index (χ2v) is 7.96. The molecule has 4 nitrogen and oxygen atoms in total. The van der Waals surface area contributed by atoms with Gasteiger partial charge in [-0.15, -0.1) is 0 Å². The number of H-pyrrole nitrogens is 2. The molecule has 3 aromatic heterocycles. The first kappa shape index (κ1) is 14.5. The second-order valence-electron chi connectivity index (χ2n) is 7.96. The quantitative estimate of drug-likeness (QED) is 0.708. The van der Waals surface area contributed by atoms with Crippen LogP contribution in [-0.2, 0) is 0 Å². The summed E-state index contributed by atoms with van der Waals surface area (Å²) in [7, 11) is 0. The molecule has 0 aromatic carbocycles. The van der Waals surface area contributed by atoms with Crippen LogP contribution in [0.4, 0.5) is 0 Å². The summed E-state index contributed by atoms with van der Waals surface area (Å²) < 4.78 is 0. The smallest absolute Gasteiger partial charge is 0.137 e. The minimum atomic E-state index is 0.419. The van der Waals surface area contributed by atoms with Crippen molar-refractivity contribution < 1.29 is 0 Å². The fraction of sp³-hybridized carbons (Fsp3) is 0.474. The van der Waals surface area contributed by atoms with Gasteiger partial charge in [0.1, 0.15) is 5.65 Å². The van der Waals surface area contributed by atoms with Gasteiger partial charge >= 0.3 is 0 Å². The lowest BCUT2D eigenvalue weighted by Gasteiger charge is -2.39. The average molecular weight is 308 g/mol. The molecule has 3 heterocycles. The van der Waals surface area contributed by atoms with Crippen LogP contribution in [0.3, 0.4) is 0 Å². The first-order chi connectivity index (χ1) is 11.0. The van der Waals surface area contributed by atoms with E-state index in [2.05, 4.69) is 53.2 Å². The van der Waals surface area contributed by atoms with E-state index in [0.29, 0.717) is 11.3 Å². The molecule has 0 aliphatic heterocycles. The third-order valence-corrected chi connectivity index (χ3v) is 5.22. The highest BCUT2D eigenvalue weighted by Gasteiger charge is 2.33. The highest BCUT2D eigenvalue weighted by atomic mass is 15.1. The van der Waals surface area contributed by atoms with Crippen LogP contribution in [0, 0.1) is 11.3 Å². The Morgan fingerprint density at radius 1 is 1.17 bits per heavy atom.